The second-order valence-corrected chi connectivity index (χ2v) is 6.56. The number of H-pyrrole nitrogens is 1. The minimum absolute atomic E-state index is 0.0371. The Balaban J connectivity index is 2.03. The van der Waals surface area contributed by atoms with E-state index >= 15 is 0 Å². The van der Waals surface area contributed by atoms with Crippen LogP contribution in [0, 0.1) is 0 Å². The van der Waals surface area contributed by atoms with Crippen LogP contribution in [0.4, 0.5) is 0 Å². The standard InChI is InChI=1S/C17H20N4O2/c1-17(2,3)14-8-11(19-20-14)9-21-10-18-12-6-5-7-13(23-4)15(12)16(21)22/h5-8,10H,9H2,1-4H3,(H,19,20). The Kier molecular flexibility index (Phi) is 3.67. The summed E-state index contributed by atoms with van der Waals surface area (Å²) in [4.78, 5) is 17.1. The monoisotopic (exact) mass is 312 g/mol. The number of rotatable bonds is 3. The van der Waals surface area contributed by atoms with Gasteiger partial charge in [-0.25, -0.2) is 4.98 Å². The van der Waals surface area contributed by atoms with Crippen molar-refractivity contribution < 1.29 is 4.74 Å². The highest BCUT2D eigenvalue weighted by Crippen LogP contribution is 2.21. The average molecular weight is 312 g/mol. The summed E-state index contributed by atoms with van der Waals surface area (Å²) in [5, 5.41) is 7.81. The van der Waals surface area contributed by atoms with Gasteiger partial charge in [0.1, 0.15) is 11.1 Å². The summed E-state index contributed by atoms with van der Waals surface area (Å²) < 4.78 is 6.85. The molecule has 0 saturated heterocycles. The van der Waals surface area contributed by atoms with Crippen molar-refractivity contribution in [2.45, 2.75) is 32.7 Å². The molecule has 0 aliphatic rings. The molecule has 0 radical (unpaired) electrons. The fourth-order valence-corrected chi connectivity index (χ4v) is 2.46. The second-order valence-electron chi connectivity index (χ2n) is 6.56. The molecule has 0 aliphatic heterocycles. The molecule has 3 rings (SSSR count). The number of ether oxygens (including phenoxy) is 1. The molecule has 0 amide bonds. The van der Waals surface area contributed by atoms with E-state index in [0.717, 1.165) is 11.4 Å². The van der Waals surface area contributed by atoms with Crippen LogP contribution >= 0.6 is 0 Å². The maximum absolute atomic E-state index is 12.7. The lowest BCUT2D eigenvalue weighted by molar-refractivity contribution is 0.419. The molecule has 2 aromatic heterocycles. The molecule has 0 fully saturated rings. The van der Waals surface area contributed by atoms with Crippen molar-refractivity contribution in [3.8, 4) is 5.75 Å². The molecule has 1 aromatic carbocycles. The van der Waals surface area contributed by atoms with Gasteiger partial charge < -0.3 is 4.74 Å². The van der Waals surface area contributed by atoms with E-state index in [1.807, 2.05) is 12.1 Å². The summed E-state index contributed by atoms with van der Waals surface area (Å²) in [6, 6.07) is 7.38. The van der Waals surface area contributed by atoms with Crippen LogP contribution in [0.15, 0.2) is 35.4 Å². The minimum Gasteiger partial charge on any atom is -0.496 e. The predicted octanol–water partition coefficient (Wildman–Crippen LogP) is 2.47. The summed E-state index contributed by atoms with van der Waals surface area (Å²) in [6.45, 7) is 6.69. The molecule has 6 nitrogen and oxygen atoms in total. The maximum Gasteiger partial charge on any atom is 0.265 e. The first-order valence-corrected chi connectivity index (χ1v) is 7.47. The molecule has 0 spiro atoms. The lowest BCUT2D eigenvalue weighted by Gasteiger charge is -2.13. The van der Waals surface area contributed by atoms with Gasteiger partial charge in [-0.05, 0) is 18.2 Å². The van der Waals surface area contributed by atoms with Gasteiger partial charge in [-0.3, -0.25) is 14.5 Å². The van der Waals surface area contributed by atoms with Gasteiger partial charge in [0.15, 0.2) is 0 Å². The van der Waals surface area contributed by atoms with Crippen molar-refractivity contribution in [1.29, 1.82) is 0 Å². The molecule has 120 valence electrons. The van der Waals surface area contributed by atoms with E-state index in [-0.39, 0.29) is 11.0 Å². The average Bonchev–Trinajstić information content (AvgIpc) is 2.98. The number of fused-ring (bicyclic) bond motifs is 1. The summed E-state index contributed by atoms with van der Waals surface area (Å²) in [5.74, 6) is 0.536. The third kappa shape index (κ3) is 2.84. The number of hydrogen-bond donors (Lipinski definition) is 1. The second kappa shape index (κ2) is 5.53. The molecule has 3 aromatic rings. The van der Waals surface area contributed by atoms with Crippen molar-refractivity contribution in [2.24, 2.45) is 0 Å². The molecule has 2 heterocycles. The number of methoxy groups -OCH3 is 1. The third-order valence-electron chi connectivity index (χ3n) is 3.78. The van der Waals surface area contributed by atoms with Gasteiger partial charge in [-0.15, -0.1) is 0 Å². The van der Waals surface area contributed by atoms with Crippen molar-refractivity contribution in [3.63, 3.8) is 0 Å². The maximum atomic E-state index is 12.7. The quantitative estimate of drug-likeness (QED) is 0.806. The van der Waals surface area contributed by atoms with E-state index in [4.69, 9.17) is 4.74 Å². The van der Waals surface area contributed by atoms with Gasteiger partial charge >= 0.3 is 0 Å². The molecular weight excluding hydrogens is 292 g/mol. The Morgan fingerprint density at radius 1 is 1.30 bits per heavy atom. The number of nitrogens with one attached hydrogen (secondary N) is 1. The molecule has 1 N–H and O–H groups in total. The van der Waals surface area contributed by atoms with Gasteiger partial charge in [0.25, 0.3) is 5.56 Å². The SMILES string of the molecule is COc1cccc2ncn(Cc3cc(C(C)(C)C)n[nH]3)c(=O)c12. The Bertz CT molecular complexity index is 903. The first kappa shape index (κ1) is 15.3. The highest BCUT2D eigenvalue weighted by atomic mass is 16.5. The van der Waals surface area contributed by atoms with Gasteiger partial charge in [0.2, 0.25) is 0 Å². The highest BCUT2D eigenvalue weighted by Gasteiger charge is 2.18. The van der Waals surface area contributed by atoms with Gasteiger partial charge in [0, 0.05) is 5.41 Å². The number of aromatic amines is 1. The molecule has 0 saturated carbocycles. The normalized spacial score (nSPS) is 11.8. The van der Waals surface area contributed by atoms with E-state index in [0.29, 0.717) is 23.2 Å². The third-order valence-corrected chi connectivity index (χ3v) is 3.78. The Morgan fingerprint density at radius 3 is 2.74 bits per heavy atom. The van der Waals surface area contributed by atoms with E-state index in [2.05, 4.69) is 36.0 Å². The number of nitrogens with zero attached hydrogens (tertiary/aromatic N) is 3. The molecule has 6 heteroatoms. The molecule has 0 bridgehead atoms. The van der Waals surface area contributed by atoms with Crippen LogP contribution in [-0.2, 0) is 12.0 Å². The first-order valence-electron chi connectivity index (χ1n) is 7.47. The molecule has 0 unspecified atom stereocenters. The van der Waals surface area contributed by atoms with Crippen LogP contribution in [-0.4, -0.2) is 26.9 Å². The van der Waals surface area contributed by atoms with E-state index < -0.39 is 0 Å². The van der Waals surface area contributed by atoms with Gasteiger partial charge in [0.05, 0.1) is 36.9 Å². The largest absolute Gasteiger partial charge is 0.496 e. The summed E-state index contributed by atoms with van der Waals surface area (Å²) in [7, 11) is 1.55. The topological polar surface area (TPSA) is 72.8 Å². The smallest absolute Gasteiger partial charge is 0.265 e. The van der Waals surface area contributed by atoms with Gasteiger partial charge in [-0.2, -0.15) is 5.10 Å². The molecule has 0 aliphatic carbocycles. The van der Waals surface area contributed by atoms with Crippen LogP contribution in [0.1, 0.15) is 32.2 Å². The zero-order valence-electron chi connectivity index (χ0n) is 13.8. The number of benzene rings is 1. The van der Waals surface area contributed by atoms with E-state index in [1.54, 1.807) is 30.1 Å². The van der Waals surface area contributed by atoms with Crippen molar-refractivity contribution >= 4 is 10.9 Å². The summed E-state index contributed by atoms with van der Waals surface area (Å²) in [5.41, 5.74) is 2.30. The van der Waals surface area contributed by atoms with Crippen LogP contribution in [0.25, 0.3) is 10.9 Å². The van der Waals surface area contributed by atoms with E-state index in [1.165, 1.54) is 0 Å². The Morgan fingerprint density at radius 2 is 2.09 bits per heavy atom. The van der Waals surface area contributed by atoms with Crippen molar-refractivity contribution in [1.82, 2.24) is 19.7 Å². The number of hydrogen-bond acceptors (Lipinski definition) is 4. The van der Waals surface area contributed by atoms with Crippen LogP contribution < -0.4 is 10.3 Å². The lowest BCUT2D eigenvalue weighted by Crippen LogP contribution is -2.21. The molecular formula is C17H20N4O2. The fraction of sp³-hybridized carbons (Fsp3) is 0.353. The molecule has 0 atom stereocenters. The first-order chi connectivity index (χ1) is 10.9. The minimum atomic E-state index is -0.126. The van der Waals surface area contributed by atoms with Crippen molar-refractivity contribution in [2.75, 3.05) is 7.11 Å². The summed E-state index contributed by atoms with van der Waals surface area (Å²) >= 11 is 0. The fourth-order valence-electron chi connectivity index (χ4n) is 2.46. The van der Waals surface area contributed by atoms with Crippen molar-refractivity contribution in [3.05, 3.63) is 52.3 Å². The van der Waals surface area contributed by atoms with Crippen LogP contribution in [0.3, 0.4) is 0 Å². The molecule has 23 heavy (non-hydrogen) atoms. The lowest BCUT2D eigenvalue weighted by atomic mass is 9.92. The van der Waals surface area contributed by atoms with Gasteiger partial charge in [-0.1, -0.05) is 26.8 Å². The summed E-state index contributed by atoms with van der Waals surface area (Å²) in [6.07, 6.45) is 1.56. The zero-order chi connectivity index (χ0) is 16.6. The van der Waals surface area contributed by atoms with Crippen LogP contribution in [0.5, 0.6) is 5.75 Å². The predicted molar refractivity (Wildman–Crippen MR) is 88.9 cm³/mol. The Hall–Kier alpha value is -2.63. The zero-order valence-corrected chi connectivity index (χ0v) is 13.8. The van der Waals surface area contributed by atoms with E-state index in [9.17, 15) is 4.79 Å². The Labute approximate surface area is 134 Å². The number of aromatic nitrogens is 4. The highest BCUT2D eigenvalue weighted by molar-refractivity contribution is 5.83. The van der Waals surface area contributed by atoms with Crippen LogP contribution in [0.2, 0.25) is 0 Å².